The zero-order chi connectivity index (χ0) is 13.1. The van der Waals surface area contributed by atoms with Gasteiger partial charge in [0.25, 0.3) is 0 Å². The van der Waals surface area contributed by atoms with E-state index in [1.165, 1.54) is 6.07 Å². The van der Waals surface area contributed by atoms with Crippen LogP contribution in [0.25, 0.3) is 11.3 Å². The zero-order valence-electron chi connectivity index (χ0n) is 10.9. The SMILES string of the molecule is CCn1ncc(C(C)NC)c1-c1cccc(F)c1. The van der Waals surface area contributed by atoms with Gasteiger partial charge in [0, 0.05) is 23.7 Å². The number of aromatic nitrogens is 2. The van der Waals surface area contributed by atoms with Gasteiger partial charge in [0.2, 0.25) is 0 Å². The molecule has 0 saturated carbocycles. The minimum Gasteiger partial charge on any atom is -0.313 e. The maximum atomic E-state index is 13.4. The predicted molar refractivity (Wildman–Crippen MR) is 70.8 cm³/mol. The Kier molecular flexibility index (Phi) is 3.77. The molecule has 1 atom stereocenters. The van der Waals surface area contributed by atoms with Gasteiger partial charge in [0.05, 0.1) is 11.9 Å². The van der Waals surface area contributed by atoms with Gasteiger partial charge in [-0.1, -0.05) is 12.1 Å². The van der Waals surface area contributed by atoms with E-state index < -0.39 is 0 Å². The van der Waals surface area contributed by atoms with E-state index in [1.807, 2.05) is 30.9 Å². The van der Waals surface area contributed by atoms with Crippen LogP contribution < -0.4 is 5.32 Å². The molecule has 1 heterocycles. The van der Waals surface area contributed by atoms with Crippen LogP contribution in [-0.2, 0) is 6.54 Å². The molecule has 2 aromatic rings. The van der Waals surface area contributed by atoms with E-state index in [-0.39, 0.29) is 11.9 Å². The van der Waals surface area contributed by atoms with Crippen molar-refractivity contribution in [3.63, 3.8) is 0 Å². The van der Waals surface area contributed by atoms with E-state index in [4.69, 9.17) is 0 Å². The Balaban J connectivity index is 2.57. The highest BCUT2D eigenvalue weighted by Crippen LogP contribution is 2.28. The second-order valence-electron chi connectivity index (χ2n) is 4.28. The summed E-state index contributed by atoms with van der Waals surface area (Å²) in [5.74, 6) is -0.223. The molecule has 0 radical (unpaired) electrons. The van der Waals surface area contributed by atoms with E-state index >= 15 is 0 Å². The van der Waals surface area contributed by atoms with E-state index in [1.54, 1.807) is 12.1 Å². The maximum Gasteiger partial charge on any atom is 0.123 e. The summed E-state index contributed by atoms with van der Waals surface area (Å²) >= 11 is 0. The number of halogens is 1. The Morgan fingerprint density at radius 1 is 1.44 bits per heavy atom. The van der Waals surface area contributed by atoms with Crippen LogP contribution in [0, 0.1) is 5.82 Å². The average molecular weight is 247 g/mol. The molecular formula is C14H18FN3. The van der Waals surface area contributed by atoms with Crippen LogP contribution in [0.3, 0.4) is 0 Å². The molecule has 4 heteroatoms. The smallest absolute Gasteiger partial charge is 0.123 e. The molecule has 96 valence electrons. The molecule has 0 fully saturated rings. The van der Waals surface area contributed by atoms with Crippen molar-refractivity contribution in [2.45, 2.75) is 26.4 Å². The lowest BCUT2D eigenvalue weighted by Gasteiger charge is -2.13. The fourth-order valence-corrected chi connectivity index (χ4v) is 2.06. The van der Waals surface area contributed by atoms with Crippen LogP contribution in [0.15, 0.2) is 30.5 Å². The lowest BCUT2D eigenvalue weighted by atomic mass is 10.0. The lowest BCUT2D eigenvalue weighted by molar-refractivity contribution is 0.625. The van der Waals surface area contributed by atoms with Crippen LogP contribution in [-0.4, -0.2) is 16.8 Å². The molecule has 0 aliphatic rings. The topological polar surface area (TPSA) is 29.9 Å². The van der Waals surface area contributed by atoms with Crippen molar-refractivity contribution in [3.05, 3.63) is 41.8 Å². The summed E-state index contributed by atoms with van der Waals surface area (Å²) in [6, 6.07) is 6.83. The van der Waals surface area contributed by atoms with Gasteiger partial charge in [-0.25, -0.2) is 4.39 Å². The van der Waals surface area contributed by atoms with Crippen LogP contribution in [0.4, 0.5) is 4.39 Å². The van der Waals surface area contributed by atoms with Crippen molar-refractivity contribution in [3.8, 4) is 11.3 Å². The van der Waals surface area contributed by atoms with E-state index in [0.717, 1.165) is 23.4 Å². The third-order valence-electron chi connectivity index (χ3n) is 3.16. The van der Waals surface area contributed by atoms with Gasteiger partial charge in [0.15, 0.2) is 0 Å². The Labute approximate surface area is 107 Å². The normalized spacial score (nSPS) is 12.7. The summed E-state index contributed by atoms with van der Waals surface area (Å²) in [6.07, 6.45) is 1.85. The fraction of sp³-hybridized carbons (Fsp3) is 0.357. The molecule has 0 aliphatic carbocycles. The van der Waals surface area contributed by atoms with Crippen molar-refractivity contribution >= 4 is 0 Å². The molecule has 1 aromatic carbocycles. The van der Waals surface area contributed by atoms with E-state index in [2.05, 4.69) is 17.3 Å². The van der Waals surface area contributed by atoms with E-state index in [0.29, 0.717) is 0 Å². The molecular weight excluding hydrogens is 229 g/mol. The first kappa shape index (κ1) is 12.8. The lowest BCUT2D eigenvalue weighted by Crippen LogP contribution is -2.13. The molecule has 2 rings (SSSR count). The summed E-state index contributed by atoms with van der Waals surface area (Å²) in [4.78, 5) is 0. The van der Waals surface area contributed by atoms with Gasteiger partial charge < -0.3 is 5.32 Å². The summed E-state index contributed by atoms with van der Waals surface area (Å²) in [5.41, 5.74) is 2.94. The summed E-state index contributed by atoms with van der Waals surface area (Å²) in [7, 11) is 1.91. The van der Waals surface area contributed by atoms with Gasteiger partial charge in [-0.15, -0.1) is 0 Å². The maximum absolute atomic E-state index is 13.4. The molecule has 1 unspecified atom stereocenters. The number of nitrogens with one attached hydrogen (secondary N) is 1. The monoisotopic (exact) mass is 247 g/mol. The Bertz CT molecular complexity index is 534. The molecule has 0 spiro atoms. The predicted octanol–water partition coefficient (Wildman–Crippen LogP) is 2.99. The van der Waals surface area contributed by atoms with Gasteiger partial charge in [-0.05, 0) is 33.0 Å². The zero-order valence-corrected chi connectivity index (χ0v) is 10.9. The van der Waals surface area contributed by atoms with Crippen molar-refractivity contribution in [1.82, 2.24) is 15.1 Å². The van der Waals surface area contributed by atoms with Crippen LogP contribution in [0.1, 0.15) is 25.5 Å². The summed E-state index contributed by atoms with van der Waals surface area (Å²) < 4.78 is 15.3. The number of benzene rings is 1. The molecule has 3 nitrogen and oxygen atoms in total. The van der Waals surface area contributed by atoms with Gasteiger partial charge in [-0.2, -0.15) is 5.10 Å². The second kappa shape index (κ2) is 5.31. The third kappa shape index (κ3) is 2.29. The number of hydrogen-bond acceptors (Lipinski definition) is 2. The highest BCUT2D eigenvalue weighted by Gasteiger charge is 2.16. The summed E-state index contributed by atoms with van der Waals surface area (Å²) in [5, 5.41) is 7.56. The Hall–Kier alpha value is -1.68. The van der Waals surface area contributed by atoms with E-state index in [9.17, 15) is 4.39 Å². The van der Waals surface area contributed by atoms with Gasteiger partial charge >= 0.3 is 0 Å². The van der Waals surface area contributed by atoms with Crippen LogP contribution >= 0.6 is 0 Å². The standard InChI is InChI=1S/C14H18FN3/c1-4-18-14(11-6-5-7-12(15)8-11)13(9-17-18)10(2)16-3/h5-10,16H,4H2,1-3H3. The second-order valence-corrected chi connectivity index (χ2v) is 4.28. The number of rotatable bonds is 4. The van der Waals surface area contributed by atoms with Crippen molar-refractivity contribution < 1.29 is 4.39 Å². The number of aryl methyl sites for hydroxylation is 1. The van der Waals surface area contributed by atoms with Crippen LogP contribution in [0.5, 0.6) is 0 Å². The molecule has 0 bridgehead atoms. The average Bonchev–Trinajstić information content (AvgIpc) is 2.81. The Morgan fingerprint density at radius 2 is 2.22 bits per heavy atom. The minimum absolute atomic E-state index is 0.184. The largest absolute Gasteiger partial charge is 0.313 e. The number of hydrogen-bond donors (Lipinski definition) is 1. The fourth-order valence-electron chi connectivity index (χ4n) is 2.06. The highest BCUT2D eigenvalue weighted by atomic mass is 19.1. The molecule has 18 heavy (non-hydrogen) atoms. The van der Waals surface area contributed by atoms with Crippen molar-refractivity contribution in [2.24, 2.45) is 0 Å². The molecule has 0 amide bonds. The third-order valence-corrected chi connectivity index (χ3v) is 3.16. The van der Waals surface area contributed by atoms with Crippen molar-refractivity contribution in [1.29, 1.82) is 0 Å². The molecule has 0 aliphatic heterocycles. The molecule has 0 saturated heterocycles. The van der Waals surface area contributed by atoms with Gasteiger partial charge in [0.1, 0.15) is 5.82 Å². The van der Waals surface area contributed by atoms with Crippen molar-refractivity contribution in [2.75, 3.05) is 7.05 Å². The number of nitrogens with zero attached hydrogens (tertiary/aromatic N) is 2. The minimum atomic E-state index is -0.223. The first-order valence-corrected chi connectivity index (χ1v) is 6.16. The first-order valence-electron chi connectivity index (χ1n) is 6.16. The Morgan fingerprint density at radius 3 is 2.83 bits per heavy atom. The molecule has 1 aromatic heterocycles. The van der Waals surface area contributed by atoms with Gasteiger partial charge in [-0.3, -0.25) is 4.68 Å². The van der Waals surface area contributed by atoms with Crippen LogP contribution in [0.2, 0.25) is 0 Å². The molecule has 1 N–H and O–H groups in total. The summed E-state index contributed by atoms with van der Waals surface area (Å²) in [6.45, 7) is 4.87. The highest BCUT2D eigenvalue weighted by molar-refractivity contribution is 5.64. The first-order chi connectivity index (χ1) is 8.67. The quantitative estimate of drug-likeness (QED) is 0.900.